The van der Waals surface area contributed by atoms with Gasteiger partial charge in [-0.2, -0.15) is 0 Å². The van der Waals surface area contributed by atoms with Crippen LogP contribution in [0.2, 0.25) is 0 Å². The summed E-state index contributed by atoms with van der Waals surface area (Å²) in [5.74, 6) is 0.300. The molecule has 1 aromatic carbocycles. The molecular formula is C16H12O5. The number of furan rings is 2. The van der Waals surface area contributed by atoms with Crippen LogP contribution in [0.3, 0.4) is 0 Å². The van der Waals surface area contributed by atoms with Gasteiger partial charge < -0.3 is 13.6 Å². The first-order valence-electron chi connectivity index (χ1n) is 6.36. The highest BCUT2D eigenvalue weighted by atomic mass is 16.5. The largest absolute Gasteiger partial charge is 0.461 e. The van der Waals surface area contributed by atoms with E-state index in [1.807, 2.05) is 0 Å². The molecule has 0 atom stereocenters. The fraction of sp³-hybridized carbons (Fsp3) is 0.125. The first kappa shape index (κ1) is 13.2. The minimum atomic E-state index is -0.594. The summed E-state index contributed by atoms with van der Waals surface area (Å²) in [6.07, 6.45) is 1.40. The van der Waals surface area contributed by atoms with Crippen LogP contribution >= 0.6 is 0 Å². The molecule has 3 aromatic rings. The average Bonchev–Trinajstić information content (AvgIpc) is 3.04. The van der Waals surface area contributed by atoms with Crippen LogP contribution in [0.15, 0.2) is 45.4 Å². The van der Waals surface area contributed by atoms with Gasteiger partial charge in [-0.3, -0.25) is 4.79 Å². The molecule has 106 valence electrons. The van der Waals surface area contributed by atoms with Crippen molar-refractivity contribution in [3.8, 4) is 5.75 Å². The van der Waals surface area contributed by atoms with Crippen LogP contribution in [0.4, 0.5) is 0 Å². The van der Waals surface area contributed by atoms with Crippen LogP contribution in [-0.4, -0.2) is 11.8 Å². The van der Waals surface area contributed by atoms with Crippen LogP contribution in [0.1, 0.15) is 33.6 Å². The molecule has 2 aromatic heterocycles. The van der Waals surface area contributed by atoms with Gasteiger partial charge in [0.05, 0.1) is 11.8 Å². The SMILES string of the molecule is CC(=O)c1c(C)oc2ccc(OC(=O)c3ccco3)cc12. The van der Waals surface area contributed by atoms with Crippen LogP contribution in [0.25, 0.3) is 11.0 Å². The Morgan fingerprint density at radius 2 is 2.00 bits per heavy atom. The number of carbonyl (C=O) groups excluding carboxylic acids is 2. The zero-order valence-electron chi connectivity index (χ0n) is 11.5. The quantitative estimate of drug-likeness (QED) is 0.416. The maximum Gasteiger partial charge on any atom is 0.379 e. The topological polar surface area (TPSA) is 69.7 Å². The number of carbonyl (C=O) groups is 2. The van der Waals surface area contributed by atoms with Gasteiger partial charge >= 0.3 is 5.97 Å². The summed E-state index contributed by atoms with van der Waals surface area (Å²) in [7, 11) is 0. The lowest BCUT2D eigenvalue weighted by atomic mass is 10.1. The van der Waals surface area contributed by atoms with E-state index >= 15 is 0 Å². The highest BCUT2D eigenvalue weighted by Crippen LogP contribution is 2.29. The summed E-state index contributed by atoms with van der Waals surface area (Å²) in [5, 5.41) is 0.629. The summed E-state index contributed by atoms with van der Waals surface area (Å²) in [6, 6.07) is 8.01. The lowest BCUT2D eigenvalue weighted by Gasteiger charge is -2.02. The monoisotopic (exact) mass is 284 g/mol. The molecule has 0 aliphatic heterocycles. The van der Waals surface area contributed by atoms with Crippen molar-refractivity contribution in [1.29, 1.82) is 0 Å². The predicted octanol–water partition coefficient (Wildman–Crippen LogP) is 3.76. The predicted molar refractivity (Wildman–Crippen MR) is 74.6 cm³/mol. The molecule has 0 radical (unpaired) electrons. The Labute approximate surface area is 120 Å². The maximum atomic E-state index is 11.8. The number of Topliss-reactive ketones (excluding diaryl/α,β-unsaturated/α-hetero) is 1. The maximum absolute atomic E-state index is 11.8. The van der Waals surface area contributed by atoms with Crippen molar-refractivity contribution in [2.24, 2.45) is 0 Å². The molecule has 0 fully saturated rings. The highest BCUT2D eigenvalue weighted by molar-refractivity contribution is 6.07. The van der Waals surface area contributed by atoms with E-state index in [9.17, 15) is 9.59 Å². The second-order valence-electron chi connectivity index (χ2n) is 4.61. The third-order valence-corrected chi connectivity index (χ3v) is 3.12. The highest BCUT2D eigenvalue weighted by Gasteiger charge is 2.17. The third-order valence-electron chi connectivity index (χ3n) is 3.12. The van der Waals surface area contributed by atoms with E-state index in [1.54, 1.807) is 31.2 Å². The summed E-state index contributed by atoms with van der Waals surface area (Å²) in [4.78, 5) is 23.5. The van der Waals surface area contributed by atoms with Crippen molar-refractivity contribution >= 4 is 22.7 Å². The van der Waals surface area contributed by atoms with E-state index in [0.29, 0.717) is 28.0 Å². The van der Waals surface area contributed by atoms with Crippen LogP contribution in [0.5, 0.6) is 5.75 Å². The Balaban J connectivity index is 1.99. The smallest absolute Gasteiger partial charge is 0.379 e. The Morgan fingerprint density at radius 3 is 2.67 bits per heavy atom. The summed E-state index contributed by atoms with van der Waals surface area (Å²) >= 11 is 0. The third kappa shape index (κ3) is 2.33. The molecule has 5 nitrogen and oxygen atoms in total. The van der Waals surface area contributed by atoms with Crippen molar-refractivity contribution in [3.05, 3.63) is 53.7 Å². The van der Waals surface area contributed by atoms with E-state index in [4.69, 9.17) is 13.6 Å². The van der Waals surface area contributed by atoms with Crippen LogP contribution < -0.4 is 4.74 Å². The van der Waals surface area contributed by atoms with Gasteiger partial charge in [0, 0.05) is 5.39 Å². The Kier molecular flexibility index (Phi) is 3.10. The molecule has 0 N–H and O–H groups in total. The second kappa shape index (κ2) is 4.94. The second-order valence-corrected chi connectivity index (χ2v) is 4.61. The minimum Gasteiger partial charge on any atom is -0.461 e. The van der Waals surface area contributed by atoms with E-state index in [2.05, 4.69) is 0 Å². The fourth-order valence-electron chi connectivity index (χ4n) is 2.25. The Hall–Kier alpha value is -2.82. The molecule has 5 heteroatoms. The molecule has 0 spiro atoms. The molecule has 21 heavy (non-hydrogen) atoms. The lowest BCUT2D eigenvalue weighted by molar-refractivity contribution is 0.0701. The van der Waals surface area contributed by atoms with Gasteiger partial charge in [0.1, 0.15) is 17.1 Å². The Morgan fingerprint density at radius 1 is 1.19 bits per heavy atom. The van der Waals surface area contributed by atoms with E-state index < -0.39 is 5.97 Å². The number of ketones is 1. The molecule has 0 saturated carbocycles. The first-order chi connectivity index (χ1) is 10.1. The van der Waals surface area contributed by atoms with Crippen molar-refractivity contribution in [2.45, 2.75) is 13.8 Å². The number of ether oxygens (including phenoxy) is 1. The van der Waals surface area contributed by atoms with Gasteiger partial charge in [0.2, 0.25) is 5.76 Å². The van der Waals surface area contributed by atoms with Gasteiger partial charge in [0.15, 0.2) is 5.78 Å². The van der Waals surface area contributed by atoms with Gasteiger partial charge in [-0.25, -0.2) is 4.79 Å². The Bertz CT molecular complexity index is 824. The number of hydrogen-bond acceptors (Lipinski definition) is 5. The van der Waals surface area contributed by atoms with E-state index in [-0.39, 0.29) is 11.5 Å². The summed E-state index contributed by atoms with van der Waals surface area (Å²) < 4.78 is 15.7. The first-order valence-corrected chi connectivity index (χ1v) is 6.36. The average molecular weight is 284 g/mol. The molecule has 0 unspecified atom stereocenters. The number of benzene rings is 1. The van der Waals surface area contributed by atoms with Gasteiger partial charge in [0.25, 0.3) is 0 Å². The van der Waals surface area contributed by atoms with Crippen molar-refractivity contribution in [3.63, 3.8) is 0 Å². The molecule has 2 heterocycles. The number of esters is 1. The van der Waals surface area contributed by atoms with E-state index in [0.717, 1.165) is 0 Å². The molecule has 0 aliphatic rings. The van der Waals surface area contributed by atoms with Crippen molar-refractivity contribution in [1.82, 2.24) is 0 Å². The standard InChI is InChI=1S/C16H12O5/c1-9(17)15-10(2)20-13-6-5-11(8-12(13)15)21-16(18)14-4-3-7-19-14/h3-8H,1-2H3. The molecule has 0 bridgehead atoms. The summed E-state index contributed by atoms with van der Waals surface area (Å²) in [6.45, 7) is 3.20. The molecular weight excluding hydrogens is 272 g/mol. The van der Waals surface area contributed by atoms with E-state index in [1.165, 1.54) is 19.3 Å². The summed E-state index contributed by atoms with van der Waals surface area (Å²) in [5.41, 5.74) is 1.08. The fourth-order valence-corrected chi connectivity index (χ4v) is 2.25. The zero-order chi connectivity index (χ0) is 15.0. The number of rotatable bonds is 3. The molecule has 0 amide bonds. The minimum absolute atomic E-state index is 0.0965. The molecule has 0 aliphatic carbocycles. The van der Waals surface area contributed by atoms with Gasteiger partial charge in [-0.05, 0) is 44.2 Å². The van der Waals surface area contributed by atoms with Crippen molar-refractivity contribution < 1.29 is 23.2 Å². The molecule has 0 saturated heterocycles. The van der Waals surface area contributed by atoms with Gasteiger partial charge in [-0.15, -0.1) is 0 Å². The number of aryl methyl sites for hydroxylation is 1. The van der Waals surface area contributed by atoms with Gasteiger partial charge in [-0.1, -0.05) is 0 Å². The van der Waals surface area contributed by atoms with Crippen LogP contribution in [-0.2, 0) is 0 Å². The number of fused-ring (bicyclic) bond motifs is 1. The zero-order valence-corrected chi connectivity index (χ0v) is 11.5. The lowest BCUT2D eigenvalue weighted by Crippen LogP contribution is -2.07. The van der Waals surface area contributed by atoms with Crippen molar-refractivity contribution in [2.75, 3.05) is 0 Å². The molecule has 3 rings (SSSR count). The normalized spacial score (nSPS) is 10.8. The number of hydrogen-bond donors (Lipinski definition) is 0. The van der Waals surface area contributed by atoms with Crippen LogP contribution in [0, 0.1) is 6.92 Å².